The van der Waals surface area contributed by atoms with Crippen molar-refractivity contribution >= 4 is 11.9 Å². The molecule has 16 heavy (non-hydrogen) atoms. The molecule has 0 bridgehead atoms. The molecular weight excluding hydrogens is 208 g/mol. The molecule has 0 spiro atoms. The summed E-state index contributed by atoms with van der Waals surface area (Å²) in [5, 5.41) is 7.42. The van der Waals surface area contributed by atoms with Crippen LogP contribution < -0.4 is 11.5 Å². The minimum absolute atomic E-state index is 0.459. The molecule has 0 aliphatic carbocycles. The fourth-order valence-electron chi connectivity index (χ4n) is 0.969. The number of hydrogen-bond acceptors (Lipinski definition) is 3. The number of nitrogens with two attached hydrogens (primary N) is 2. The number of amides is 1. The van der Waals surface area contributed by atoms with E-state index in [4.69, 9.17) is 21.4 Å². The van der Waals surface area contributed by atoms with Crippen LogP contribution in [0.2, 0.25) is 0 Å². The first kappa shape index (κ1) is 14.1. The number of carboxylic acid groups (broad SMARTS) is 1. The van der Waals surface area contributed by atoms with Crippen LogP contribution in [0.4, 0.5) is 0 Å². The van der Waals surface area contributed by atoms with Crippen molar-refractivity contribution in [2.75, 3.05) is 0 Å². The second-order valence-corrected chi connectivity index (χ2v) is 3.22. The molecule has 5 N–H and O–H groups in total. The maximum absolute atomic E-state index is 10.6. The molecule has 5 nitrogen and oxygen atoms in total. The minimum Gasteiger partial charge on any atom is -0.481 e. The molecule has 1 amide bonds. The third kappa shape index (κ3) is 7.52. The highest BCUT2D eigenvalue weighted by molar-refractivity contribution is 5.79. The van der Waals surface area contributed by atoms with Gasteiger partial charge in [-0.05, 0) is 12.0 Å². The fraction of sp³-hybridized carbons (Fsp3) is 0.273. The molecule has 0 heterocycles. The molecule has 0 aliphatic rings. The SMILES string of the molecule is CC(=O)O.NC(=O)C(N)Cc1ccccc1. The zero-order chi connectivity index (χ0) is 12.6. The molecule has 1 atom stereocenters. The summed E-state index contributed by atoms with van der Waals surface area (Å²) in [7, 11) is 0. The standard InChI is InChI=1S/C9H12N2O.C2H4O2/c10-8(9(11)12)6-7-4-2-1-3-5-7;1-2(3)4/h1-5,8H,6,10H2,(H2,11,12);1H3,(H,3,4). The lowest BCUT2D eigenvalue weighted by Gasteiger charge is -2.06. The Kier molecular flexibility index (Phi) is 6.55. The van der Waals surface area contributed by atoms with E-state index in [0.717, 1.165) is 12.5 Å². The smallest absolute Gasteiger partial charge is 0.300 e. The Bertz CT molecular complexity index is 334. The van der Waals surface area contributed by atoms with Crippen LogP contribution in [-0.4, -0.2) is 23.0 Å². The van der Waals surface area contributed by atoms with Crippen molar-refractivity contribution in [3.05, 3.63) is 35.9 Å². The summed E-state index contributed by atoms with van der Waals surface area (Å²) in [6.45, 7) is 1.08. The van der Waals surface area contributed by atoms with Crippen LogP contribution in [0, 0.1) is 0 Å². The van der Waals surface area contributed by atoms with E-state index in [-0.39, 0.29) is 0 Å². The van der Waals surface area contributed by atoms with Gasteiger partial charge in [0.15, 0.2) is 0 Å². The monoisotopic (exact) mass is 224 g/mol. The highest BCUT2D eigenvalue weighted by Gasteiger charge is 2.08. The molecule has 5 heteroatoms. The zero-order valence-electron chi connectivity index (χ0n) is 9.09. The molecule has 1 aromatic carbocycles. The third-order valence-electron chi connectivity index (χ3n) is 1.66. The van der Waals surface area contributed by atoms with Crippen LogP contribution in [0.3, 0.4) is 0 Å². The molecular formula is C11H16N2O3. The third-order valence-corrected chi connectivity index (χ3v) is 1.66. The largest absolute Gasteiger partial charge is 0.481 e. The highest BCUT2D eigenvalue weighted by Crippen LogP contribution is 2.00. The van der Waals surface area contributed by atoms with E-state index in [1.165, 1.54) is 0 Å². The van der Waals surface area contributed by atoms with Gasteiger partial charge in [-0.1, -0.05) is 30.3 Å². The van der Waals surface area contributed by atoms with E-state index in [2.05, 4.69) is 0 Å². The molecule has 1 rings (SSSR count). The zero-order valence-corrected chi connectivity index (χ0v) is 9.09. The fourth-order valence-corrected chi connectivity index (χ4v) is 0.969. The van der Waals surface area contributed by atoms with Crippen molar-refractivity contribution in [3.8, 4) is 0 Å². The molecule has 0 aliphatic heterocycles. The molecule has 0 fully saturated rings. The van der Waals surface area contributed by atoms with Crippen LogP contribution in [-0.2, 0) is 16.0 Å². The Morgan fingerprint density at radius 2 is 1.75 bits per heavy atom. The van der Waals surface area contributed by atoms with Gasteiger partial charge >= 0.3 is 0 Å². The highest BCUT2D eigenvalue weighted by atomic mass is 16.4. The number of rotatable bonds is 3. The summed E-state index contributed by atoms with van der Waals surface area (Å²) in [5.41, 5.74) is 11.5. The van der Waals surface area contributed by atoms with Gasteiger partial charge in [-0.25, -0.2) is 0 Å². The van der Waals surface area contributed by atoms with Gasteiger partial charge in [0, 0.05) is 6.92 Å². The number of benzene rings is 1. The number of hydrogen-bond donors (Lipinski definition) is 3. The predicted molar refractivity (Wildman–Crippen MR) is 60.6 cm³/mol. The van der Waals surface area contributed by atoms with Gasteiger partial charge < -0.3 is 16.6 Å². The van der Waals surface area contributed by atoms with Crippen molar-refractivity contribution in [1.29, 1.82) is 0 Å². The maximum atomic E-state index is 10.6. The Morgan fingerprint density at radius 1 is 1.31 bits per heavy atom. The first-order valence-corrected chi connectivity index (χ1v) is 4.72. The Hall–Kier alpha value is -1.88. The van der Waals surface area contributed by atoms with Crippen LogP contribution in [0.1, 0.15) is 12.5 Å². The van der Waals surface area contributed by atoms with Gasteiger partial charge in [0.05, 0.1) is 6.04 Å². The minimum atomic E-state index is -0.833. The van der Waals surface area contributed by atoms with Crippen LogP contribution in [0.15, 0.2) is 30.3 Å². The first-order chi connectivity index (χ1) is 7.43. The quantitative estimate of drug-likeness (QED) is 0.678. The van der Waals surface area contributed by atoms with Crippen molar-refractivity contribution in [3.63, 3.8) is 0 Å². The average Bonchev–Trinajstić information content (AvgIpc) is 2.18. The van der Waals surface area contributed by atoms with Gasteiger partial charge in [0.25, 0.3) is 5.97 Å². The maximum Gasteiger partial charge on any atom is 0.300 e. The number of primary amides is 1. The van der Waals surface area contributed by atoms with E-state index >= 15 is 0 Å². The van der Waals surface area contributed by atoms with Crippen molar-refractivity contribution < 1.29 is 14.7 Å². The summed E-state index contributed by atoms with van der Waals surface area (Å²) in [4.78, 5) is 19.6. The lowest BCUT2D eigenvalue weighted by molar-refractivity contribution is -0.134. The van der Waals surface area contributed by atoms with Crippen molar-refractivity contribution in [2.45, 2.75) is 19.4 Å². The van der Waals surface area contributed by atoms with Crippen molar-refractivity contribution in [1.82, 2.24) is 0 Å². The van der Waals surface area contributed by atoms with E-state index < -0.39 is 17.9 Å². The number of aliphatic carboxylic acids is 1. The Labute approximate surface area is 94.1 Å². The molecule has 1 unspecified atom stereocenters. The Morgan fingerprint density at radius 3 is 2.12 bits per heavy atom. The summed E-state index contributed by atoms with van der Waals surface area (Å²) in [6, 6.07) is 8.99. The lowest BCUT2D eigenvalue weighted by Crippen LogP contribution is -2.38. The van der Waals surface area contributed by atoms with E-state index in [9.17, 15) is 4.79 Å². The normalized spacial score (nSPS) is 10.9. The van der Waals surface area contributed by atoms with Crippen LogP contribution in [0.5, 0.6) is 0 Å². The predicted octanol–water partition coefficient (Wildman–Crippen LogP) is 0.133. The second-order valence-electron chi connectivity index (χ2n) is 3.22. The van der Waals surface area contributed by atoms with Crippen LogP contribution >= 0.6 is 0 Å². The van der Waals surface area contributed by atoms with Crippen LogP contribution in [0.25, 0.3) is 0 Å². The summed E-state index contributed by atoms with van der Waals surface area (Å²) in [6.07, 6.45) is 0.510. The molecule has 0 saturated heterocycles. The van der Waals surface area contributed by atoms with E-state index in [1.54, 1.807) is 0 Å². The Balaban J connectivity index is 0.000000487. The lowest BCUT2D eigenvalue weighted by atomic mass is 10.1. The molecule has 0 aromatic heterocycles. The van der Waals surface area contributed by atoms with E-state index in [0.29, 0.717) is 6.42 Å². The molecule has 0 radical (unpaired) electrons. The second kappa shape index (κ2) is 7.42. The number of carboxylic acids is 1. The molecule has 1 aromatic rings. The number of carbonyl (C=O) groups is 2. The first-order valence-electron chi connectivity index (χ1n) is 4.72. The van der Waals surface area contributed by atoms with Gasteiger partial charge in [0.2, 0.25) is 5.91 Å². The van der Waals surface area contributed by atoms with Gasteiger partial charge in [-0.15, -0.1) is 0 Å². The van der Waals surface area contributed by atoms with E-state index in [1.807, 2.05) is 30.3 Å². The average molecular weight is 224 g/mol. The van der Waals surface area contributed by atoms with Gasteiger partial charge in [0.1, 0.15) is 0 Å². The topological polar surface area (TPSA) is 106 Å². The molecule has 88 valence electrons. The number of carbonyl (C=O) groups excluding carboxylic acids is 1. The summed E-state index contributed by atoms with van der Waals surface area (Å²) >= 11 is 0. The van der Waals surface area contributed by atoms with Gasteiger partial charge in [-0.3, -0.25) is 9.59 Å². The summed E-state index contributed by atoms with van der Waals surface area (Å²) < 4.78 is 0. The van der Waals surface area contributed by atoms with Gasteiger partial charge in [-0.2, -0.15) is 0 Å². The molecule has 0 saturated carbocycles. The summed E-state index contributed by atoms with van der Waals surface area (Å²) in [5.74, 6) is -1.29. The van der Waals surface area contributed by atoms with Crippen molar-refractivity contribution in [2.24, 2.45) is 11.5 Å².